The molecule has 0 aromatic heterocycles. The summed E-state index contributed by atoms with van der Waals surface area (Å²) in [6.07, 6.45) is 2.83. The summed E-state index contributed by atoms with van der Waals surface area (Å²) in [5.41, 5.74) is 0. The summed E-state index contributed by atoms with van der Waals surface area (Å²) in [7, 11) is 0. The number of aliphatic hydroxyl groups is 1. The van der Waals surface area contributed by atoms with Gasteiger partial charge in [-0.2, -0.15) is 0 Å². The van der Waals surface area contributed by atoms with Crippen LogP contribution in [0.15, 0.2) is 0 Å². The summed E-state index contributed by atoms with van der Waals surface area (Å²) < 4.78 is 5.73. The Hall–Kier alpha value is -0.160. The van der Waals surface area contributed by atoms with Crippen LogP contribution < -0.4 is 0 Å². The van der Waals surface area contributed by atoms with Gasteiger partial charge in [0, 0.05) is 38.3 Å². The van der Waals surface area contributed by atoms with Crippen molar-refractivity contribution in [2.45, 2.75) is 70.9 Å². The van der Waals surface area contributed by atoms with E-state index in [1.165, 1.54) is 12.8 Å². The fourth-order valence-electron chi connectivity index (χ4n) is 3.64. The van der Waals surface area contributed by atoms with Crippen LogP contribution in [0.1, 0.15) is 40.5 Å². The molecule has 0 aromatic carbocycles. The van der Waals surface area contributed by atoms with Crippen molar-refractivity contribution in [3.8, 4) is 0 Å². The van der Waals surface area contributed by atoms with Crippen molar-refractivity contribution in [3.05, 3.63) is 0 Å². The number of morpholine rings is 1. The van der Waals surface area contributed by atoms with Gasteiger partial charge in [0.25, 0.3) is 0 Å². The molecular weight excluding hydrogens is 240 g/mol. The Morgan fingerprint density at radius 1 is 1.00 bits per heavy atom. The van der Waals surface area contributed by atoms with Crippen molar-refractivity contribution < 1.29 is 9.84 Å². The summed E-state index contributed by atoms with van der Waals surface area (Å²) in [4.78, 5) is 4.80. The Bertz CT molecular complexity index is 267. The lowest BCUT2D eigenvalue weighted by atomic mass is 10.2. The minimum atomic E-state index is -0.250. The van der Waals surface area contributed by atoms with Gasteiger partial charge in [-0.1, -0.05) is 0 Å². The van der Waals surface area contributed by atoms with Gasteiger partial charge in [0.05, 0.1) is 18.3 Å². The fraction of sp³-hybridized carbons (Fsp3) is 1.00. The Kier molecular flexibility index (Phi) is 5.23. The predicted molar refractivity (Wildman–Crippen MR) is 77.3 cm³/mol. The van der Waals surface area contributed by atoms with Crippen LogP contribution in [0.3, 0.4) is 0 Å². The van der Waals surface area contributed by atoms with E-state index in [0.717, 1.165) is 26.2 Å². The van der Waals surface area contributed by atoms with Gasteiger partial charge in [-0.15, -0.1) is 0 Å². The van der Waals surface area contributed by atoms with Crippen molar-refractivity contribution in [3.63, 3.8) is 0 Å². The highest BCUT2D eigenvalue weighted by Gasteiger charge is 2.30. The van der Waals surface area contributed by atoms with Crippen LogP contribution in [0.4, 0.5) is 0 Å². The van der Waals surface area contributed by atoms with Crippen molar-refractivity contribution in [1.82, 2.24) is 9.80 Å². The highest BCUT2D eigenvalue weighted by atomic mass is 16.5. The van der Waals surface area contributed by atoms with Crippen LogP contribution in [0, 0.1) is 0 Å². The molecule has 0 spiro atoms. The molecule has 5 atom stereocenters. The zero-order valence-electron chi connectivity index (χ0n) is 12.9. The number of nitrogens with zero attached hydrogens (tertiary/aromatic N) is 2. The smallest absolute Gasteiger partial charge is 0.0794 e. The van der Waals surface area contributed by atoms with Gasteiger partial charge in [-0.05, 0) is 40.5 Å². The molecule has 1 N–H and O–H groups in total. The van der Waals surface area contributed by atoms with Gasteiger partial charge in [0.2, 0.25) is 0 Å². The van der Waals surface area contributed by atoms with Crippen LogP contribution in [-0.4, -0.2) is 71.5 Å². The number of rotatable bonds is 4. The van der Waals surface area contributed by atoms with Gasteiger partial charge < -0.3 is 9.84 Å². The molecule has 5 unspecified atom stereocenters. The minimum Gasteiger partial charge on any atom is -0.390 e. The van der Waals surface area contributed by atoms with Crippen molar-refractivity contribution >= 4 is 0 Å². The number of β-amino-alcohol motifs (C(OH)–C–C–N with tert-alkyl or cyclic N) is 1. The number of hydrogen-bond donors (Lipinski definition) is 1. The Morgan fingerprint density at radius 3 is 2.05 bits per heavy atom. The number of aliphatic hydroxyl groups excluding tert-OH is 1. The topological polar surface area (TPSA) is 35.9 Å². The van der Waals surface area contributed by atoms with E-state index in [-0.39, 0.29) is 18.3 Å². The largest absolute Gasteiger partial charge is 0.390 e. The van der Waals surface area contributed by atoms with Crippen LogP contribution in [0.2, 0.25) is 0 Å². The molecule has 0 bridgehead atoms. The van der Waals surface area contributed by atoms with Crippen molar-refractivity contribution in [2.24, 2.45) is 0 Å². The molecule has 2 rings (SSSR count). The lowest BCUT2D eigenvalue weighted by Crippen LogP contribution is -2.50. The summed E-state index contributed by atoms with van der Waals surface area (Å²) >= 11 is 0. The van der Waals surface area contributed by atoms with Gasteiger partial charge in [0.1, 0.15) is 0 Å². The van der Waals surface area contributed by atoms with E-state index in [4.69, 9.17) is 4.74 Å². The third-order valence-corrected chi connectivity index (χ3v) is 4.52. The number of hydrogen-bond acceptors (Lipinski definition) is 4. The third-order valence-electron chi connectivity index (χ3n) is 4.52. The van der Waals surface area contributed by atoms with E-state index in [1.54, 1.807) is 0 Å². The molecule has 0 amide bonds. The normalized spacial score (nSPS) is 39.6. The Morgan fingerprint density at radius 2 is 1.53 bits per heavy atom. The monoisotopic (exact) mass is 270 g/mol. The molecule has 2 heterocycles. The fourth-order valence-corrected chi connectivity index (χ4v) is 3.64. The molecule has 2 aliphatic rings. The summed E-state index contributed by atoms with van der Waals surface area (Å²) in [5, 5.41) is 10.3. The minimum absolute atomic E-state index is 0.250. The highest BCUT2D eigenvalue weighted by Crippen LogP contribution is 2.23. The maximum atomic E-state index is 10.3. The SMILES string of the molecule is CC1CN(CC(O)CN2C(C)CCC2C)CC(C)O1. The second-order valence-electron chi connectivity index (χ2n) is 6.60. The molecule has 2 fully saturated rings. The molecule has 0 saturated carbocycles. The molecule has 0 aliphatic carbocycles. The molecule has 112 valence electrons. The van der Waals surface area contributed by atoms with E-state index < -0.39 is 0 Å². The molecule has 2 saturated heterocycles. The first-order chi connectivity index (χ1) is 8.95. The van der Waals surface area contributed by atoms with E-state index in [2.05, 4.69) is 37.5 Å². The average Bonchev–Trinajstić information content (AvgIpc) is 2.59. The van der Waals surface area contributed by atoms with Gasteiger partial charge in [0.15, 0.2) is 0 Å². The standard InChI is InChI=1S/C15H30N2O2/c1-11-5-6-12(2)17(11)10-15(18)9-16-7-13(3)19-14(4)8-16/h11-15,18H,5-10H2,1-4H3. The van der Waals surface area contributed by atoms with Gasteiger partial charge in [-0.3, -0.25) is 9.80 Å². The molecule has 0 aromatic rings. The molecule has 2 aliphatic heterocycles. The van der Waals surface area contributed by atoms with E-state index in [9.17, 15) is 5.11 Å². The zero-order chi connectivity index (χ0) is 14.0. The summed E-state index contributed by atoms with van der Waals surface area (Å²) in [6, 6.07) is 1.24. The van der Waals surface area contributed by atoms with E-state index in [1.807, 2.05) is 0 Å². The van der Waals surface area contributed by atoms with Crippen molar-refractivity contribution in [2.75, 3.05) is 26.2 Å². The Labute approximate surface area is 117 Å². The van der Waals surface area contributed by atoms with Gasteiger partial charge in [-0.25, -0.2) is 0 Å². The molecule has 19 heavy (non-hydrogen) atoms. The molecule has 4 heteroatoms. The number of likely N-dealkylation sites (tertiary alicyclic amines) is 1. The Balaban J connectivity index is 1.79. The maximum absolute atomic E-state index is 10.3. The first-order valence-corrected chi connectivity index (χ1v) is 7.77. The second-order valence-corrected chi connectivity index (χ2v) is 6.60. The quantitative estimate of drug-likeness (QED) is 0.836. The molecule has 0 radical (unpaired) electrons. The summed E-state index contributed by atoms with van der Waals surface area (Å²) in [6.45, 7) is 12.2. The summed E-state index contributed by atoms with van der Waals surface area (Å²) in [5.74, 6) is 0. The second kappa shape index (κ2) is 6.53. The lowest BCUT2D eigenvalue weighted by Gasteiger charge is -2.37. The van der Waals surface area contributed by atoms with Crippen molar-refractivity contribution in [1.29, 1.82) is 0 Å². The van der Waals surface area contributed by atoms with Gasteiger partial charge >= 0.3 is 0 Å². The lowest BCUT2D eigenvalue weighted by molar-refractivity contribution is -0.0786. The average molecular weight is 270 g/mol. The van der Waals surface area contributed by atoms with Crippen LogP contribution in [-0.2, 0) is 4.74 Å². The maximum Gasteiger partial charge on any atom is 0.0794 e. The molecular formula is C15H30N2O2. The van der Waals surface area contributed by atoms with Crippen LogP contribution >= 0.6 is 0 Å². The van der Waals surface area contributed by atoms with E-state index >= 15 is 0 Å². The zero-order valence-corrected chi connectivity index (χ0v) is 12.9. The first-order valence-electron chi connectivity index (χ1n) is 7.77. The molecule has 4 nitrogen and oxygen atoms in total. The number of ether oxygens (including phenoxy) is 1. The van der Waals surface area contributed by atoms with Crippen LogP contribution in [0.25, 0.3) is 0 Å². The van der Waals surface area contributed by atoms with E-state index in [0.29, 0.717) is 12.1 Å². The predicted octanol–water partition coefficient (Wildman–Crippen LogP) is 1.33. The third kappa shape index (κ3) is 4.15. The highest BCUT2D eigenvalue weighted by molar-refractivity contribution is 4.85. The first kappa shape index (κ1) is 15.2. The van der Waals surface area contributed by atoms with Crippen LogP contribution in [0.5, 0.6) is 0 Å².